The summed E-state index contributed by atoms with van der Waals surface area (Å²) < 4.78 is 30.6. The zero-order valence-corrected chi connectivity index (χ0v) is 13.6. The Balaban J connectivity index is 1.93. The Morgan fingerprint density at radius 2 is 1.79 bits per heavy atom. The summed E-state index contributed by atoms with van der Waals surface area (Å²) in [4.78, 5) is 23.3. The molecule has 2 aromatic rings. The van der Waals surface area contributed by atoms with Crippen molar-refractivity contribution >= 4 is 41.0 Å². The summed E-state index contributed by atoms with van der Waals surface area (Å²) in [5.74, 6) is -3.65. The average molecular weight is 371 g/mol. The molecule has 0 aromatic heterocycles. The molecule has 2 rings (SSSR count). The molecule has 0 N–H and O–H groups in total. The van der Waals surface area contributed by atoms with Gasteiger partial charge in [-0.05, 0) is 42.0 Å². The predicted octanol–water partition coefficient (Wildman–Crippen LogP) is 4.71. The molecule has 0 saturated carbocycles. The number of ketones is 1. The van der Waals surface area contributed by atoms with Gasteiger partial charge in [-0.25, -0.2) is 13.6 Å². The molecular formula is C17H10Cl2F2O3. The molecular weight excluding hydrogens is 361 g/mol. The molecule has 3 nitrogen and oxygen atoms in total. The van der Waals surface area contributed by atoms with Crippen LogP contribution in [0.1, 0.15) is 15.9 Å². The number of hydrogen-bond donors (Lipinski definition) is 0. The molecule has 0 radical (unpaired) electrons. The van der Waals surface area contributed by atoms with Crippen molar-refractivity contribution in [3.05, 3.63) is 75.3 Å². The van der Waals surface area contributed by atoms with Gasteiger partial charge in [0.25, 0.3) is 0 Å². The molecule has 0 aliphatic carbocycles. The monoisotopic (exact) mass is 370 g/mol. The van der Waals surface area contributed by atoms with E-state index in [1.807, 2.05) is 0 Å². The van der Waals surface area contributed by atoms with Crippen LogP contribution in [0, 0.1) is 11.6 Å². The highest BCUT2D eigenvalue weighted by atomic mass is 35.5. The Morgan fingerprint density at radius 1 is 1.04 bits per heavy atom. The highest BCUT2D eigenvalue weighted by Gasteiger charge is 2.11. The molecule has 0 aliphatic heterocycles. The number of carbonyl (C=O) groups excluding carboxylic acids is 2. The molecule has 0 unspecified atom stereocenters. The minimum Gasteiger partial charge on any atom is -0.454 e. The second-order valence-corrected chi connectivity index (χ2v) is 5.50. The number of hydrogen-bond acceptors (Lipinski definition) is 3. The first-order valence-electron chi connectivity index (χ1n) is 6.65. The van der Waals surface area contributed by atoms with E-state index in [0.717, 1.165) is 24.3 Å². The number of halogens is 4. The maximum Gasteiger partial charge on any atom is 0.331 e. The largest absolute Gasteiger partial charge is 0.454 e. The summed E-state index contributed by atoms with van der Waals surface area (Å²) in [6.07, 6.45) is 2.50. The van der Waals surface area contributed by atoms with E-state index in [2.05, 4.69) is 0 Å². The summed E-state index contributed by atoms with van der Waals surface area (Å²) in [6, 6.07) is 7.41. The fraction of sp³-hybridized carbons (Fsp3) is 0.0588. The third-order valence-corrected chi connectivity index (χ3v) is 3.51. The van der Waals surface area contributed by atoms with Crippen molar-refractivity contribution < 1.29 is 23.1 Å². The summed E-state index contributed by atoms with van der Waals surface area (Å²) in [5, 5.41) is 0.807. The molecule has 0 aliphatic rings. The number of ether oxygens (including phenoxy) is 1. The molecule has 0 saturated heterocycles. The molecule has 2 aromatic carbocycles. The zero-order valence-electron chi connectivity index (χ0n) is 12.1. The van der Waals surface area contributed by atoms with E-state index in [1.54, 1.807) is 12.1 Å². The van der Waals surface area contributed by atoms with Gasteiger partial charge < -0.3 is 4.74 Å². The Hall–Kier alpha value is -2.24. The van der Waals surface area contributed by atoms with Crippen LogP contribution in [0.25, 0.3) is 6.08 Å². The van der Waals surface area contributed by atoms with E-state index >= 15 is 0 Å². The Labute approximate surface area is 146 Å². The van der Waals surface area contributed by atoms with Crippen LogP contribution in [0.3, 0.4) is 0 Å². The van der Waals surface area contributed by atoms with Gasteiger partial charge >= 0.3 is 5.97 Å². The molecule has 0 fully saturated rings. The number of benzene rings is 2. The van der Waals surface area contributed by atoms with Crippen molar-refractivity contribution in [2.45, 2.75) is 0 Å². The lowest BCUT2D eigenvalue weighted by atomic mass is 10.1. The molecule has 124 valence electrons. The van der Waals surface area contributed by atoms with Crippen molar-refractivity contribution in [1.29, 1.82) is 0 Å². The van der Waals surface area contributed by atoms with Crippen LogP contribution in [0.2, 0.25) is 10.0 Å². The van der Waals surface area contributed by atoms with Crippen LogP contribution < -0.4 is 0 Å². The van der Waals surface area contributed by atoms with E-state index in [9.17, 15) is 18.4 Å². The normalized spacial score (nSPS) is 10.8. The highest BCUT2D eigenvalue weighted by molar-refractivity contribution is 6.35. The first kappa shape index (κ1) is 18.1. The van der Waals surface area contributed by atoms with Crippen molar-refractivity contribution in [3.63, 3.8) is 0 Å². The summed E-state index contributed by atoms with van der Waals surface area (Å²) in [7, 11) is 0. The number of Topliss-reactive ketones (excluding diaryl/α,β-unsaturated/α-hetero) is 1. The van der Waals surface area contributed by atoms with Gasteiger partial charge in [-0.1, -0.05) is 29.3 Å². The third kappa shape index (κ3) is 4.88. The average Bonchev–Trinajstić information content (AvgIpc) is 2.54. The maximum atomic E-state index is 13.0. The van der Waals surface area contributed by atoms with Gasteiger partial charge in [-0.2, -0.15) is 0 Å². The predicted molar refractivity (Wildman–Crippen MR) is 87.1 cm³/mol. The molecule has 7 heteroatoms. The standard InChI is InChI=1S/C17H10Cl2F2O3/c18-12-4-1-10(13(19)8-12)3-6-17(23)24-9-16(22)11-2-5-14(20)15(21)7-11/h1-8H,9H2/b6-3+. The smallest absolute Gasteiger partial charge is 0.331 e. The Bertz CT molecular complexity index is 819. The summed E-state index contributed by atoms with van der Waals surface area (Å²) in [5.41, 5.74) is 0.455. The van der Waals surface area contributed by atoms with Gasteiger partial charge in [0.05, 0.1) is 0 Å². The van der Waals surface area contributed by atoms with Gasteiger partial charge in [0.15, 0.2) is 24.0 Å². The van der Waals surface area contributed by atoms with Crippen LogP contribution in [-0.2, 0) is 9.53 Å². The van der Waals surface area contributed by atoms with Gasteiger partial charge in [-0.3, -0.25) is 4.79 Å². The lowest BCUT2D eigenvalue weighted by molar-refractivity contribution is -0.136. The van der Waals surface area contributed by atoms with Gasteiger partial charge in [0.2, 0.25) is 0 Å². The molecule has 24 heavy (non-hydrogen) atoms. The van der Waals surface area contributed by atoms with Crippen LogP contribution >= 0.6 is 23.2 Å². The van der Waals surface area contributed by atoms with Crippen molar-refractivity contribution in [2.75, 3.05) is 6.61 Å². The molecule has 0 heterocycles. The van der Waals surface area contributed by atoms with Crippen LogP contribution in [0.5, 0.6) is 0 Å². The van der Waals surface area contributed by atoms with E-state index in [-0.39, 0.29) is 5.56 Å². The van der Waals surface area contributed by atoms with Gasteiger partial charge in [0, 0.05) is 21.7 Å². The Kier molecular flexibility index (Phi) is 6.06. The first-order chi connectivity index (χ1) is 11.4. The van der Waals surface area contributed by atoms with Gasteiger partial charge in [-0.15, -0.1) is 0 Å². The minimum absolute atomic E-state index is 0.0913. The summed E-state index contributed by atoms with van der Waals surface area (Å²) >= 11 is 11.7. The maximum absolute atomic E-state index is 13.0. The fourth-order valence-electron chi connectivity index (χ4n) is 1.73. The highest BCUT2D eigenvalue weighted by Crippen LogP contribution is 2.22. The minimum atomic E-state index is -1.15. The zero-order chi connectivity index (χ0) is 17.7. The quantitative estimate of drug-likeness (QED) is 0.434. The molecule has 0 spiro atoms. The topological polar surface area (TPSA) is 43.4 Å². The second-order valence-electron chi connectivity index (χ2n) is 4.66. The van der Waals surface area contributed by atoms with E-state index in [4.69, 9.17) is 27.9 Å². The van der Waals surface area contributed by atoms with Crippen LogP contribution in [-0.4, -0.2) is 18.4 Å². The first-order valence-corrected chi connectivity index (χ1v) is 7.40. The number of carbonyl (C=O) groups is 2. The summed E-state index contributed by atoms with van der Waals surface area (Å²) in [6.45, 7) is -0.595. The SMILES string of the molecule is O=C(/C=C/c1ccc(Cl)cc1Cl)OCC(=O)c1ccc(F)c(F)c1. The van der Waals surface area contributed by atoms with Crippen LogP contribution in [0.15, 0.2) is 42.5 Å². The Morgan fingerprint density at radius 3 is 2.46 bits per heavy atom. The molecule has 0 atom stereocenters. The van der Waals surface area contributed by atoms with E-state index in [1.165, 1.54) is 12.1 Å². The second kappa shape index (κ2) is 8.04. The molecule has 0 amide bonds. The van der Waals surface area contributed by atoms with E-state index in [0.29, 0.717) is 15.6 Å². The van der Waals surface area contributed by atoms with Crippen molar-refractivity contribution in [2.24, 2.45) is 0 Å². The van der Waals surface area contributed by atoms with E-state index < -0.39 is 30.0 Å². The van der Waals surface area contributed by atoms with Gasteiger partial charge in [0.1, 0.15) is 0 Å². The third-order valence-electron chi connectivity index (χ3n) is 2.95. The van der Waals surface area contributed by atoms with Crippen molar-refractivity contribution in [1.82, 2.24) is 0 Å². The van der Waals surface area contributed by atoms with Crippen molar-refractivity contribution in [3.8, 4) is 0 Å². The fourth-order valence-corrected chi connectivity index (χ4v) is 2.20. The van der Waals surface area contributed by atoms with Crippen LogP contribution in [0.4, 0.5) is 8.78 Å². The lowest BCUT2D eigenvalue weighted by Gasteiger charge is -2.03. The lowest BCUT2D eigenvalue weighted by Crippen LogP contribution is -2.13. The number of esters is 1. The number of rotatable bonds is 5. The molecule has 0 bridgehead atoms.